The number of sulfonamides is 1. The Morgan fingerprint density at radius 1 is 1.00 bits per heavy atom. The van der Waals surface area contributed by atoms with Gasteiger partial charge in [-0.15, -0.1) is 0 Å². The van der Waals surface area contributed by atoms with Crippen LogP contribution < -0.4 is 10.6 Å². The van der Waals surface area contributed by atoms with Gasteiger partial charge in [-0.3, -0.25) is 9.59 Å². The number of carbonyl (C=O) groups is 2. The molecule has 2 aromatic rings. The van der Waals surface area contributed by atoms with Gasteiger partial charge < -0.3 is 10.6 Å². The minimum Gasteiger partial charge on any atom is -0.352 e. The Morgan fingerprint density at radius 2 is 1.63 bits per heavy atom. The van der Waals surface area contributed by atoms with E-state index in [0.717, 1.165) is 0 Å². The van der Waals surface area contributed by atoms with Crippen LogP contribution in [0.2, 0.25) is 0 Å². The van der Waals surface area contributed by atoms with Crippen LogP contribution in [0.4, 0.5) is 5.69 Å². The third kappa shape index (κ3) is 6.67. The summed E-state index contributed by atoms with van der Waals surface area (Å²) >= 11 is 0. The minimum absolute atomic E-state index is 0.136. The first-order valence-corrected chi connectivity index (χ1v) is 11.3. The molecule has 0 unspecified atom stereocenters. The van der Waals surface area contributed by atoms with E-state index in [9.17, 15) is 18.0 Å². The highest BCUT2D eigenvalue weighted by Gasteiger charge is 2.20. The predicted octanol–water partition coefficient (Wildman–Crippen LogP) is 3.11. The van der Waals surface area contributed by atoms with E-state index in [1.807, 2.05) is 13.8 Å². The molecule has 162 valence electrons. The summed E-state index contributed by atoms with van der Waals surface area (Å²) in [6.07, 6.45) is 0.493. The molecule has 0 saturated carbocycles. The van der Waals surface area contributed by atoms with Crippen molar-refractivity contribution in [2.24, 2.45) is 5.92 Å². The number of para-hydroxylation sites is 1. The van der Waals surface area contributed by atoms with Crippen molar-refractivity contribution in [1.29, 1.82) is 0 Å². The standard InChI is InChI=1S/C22H29N3O4S/c1-17(2)16-23-22(27)19-12-7-8-13-20(19)24-21(26)14-9-15-25(3)30(28,29)18-10-5-4-6-11-18/h4-8,10-13,17H,9,14-16H2,1-3H3,(H,23,27)(H,24,26). The van der Waals surface area contributed by atoms with Gasteiger partial charge in [-0.2, -0.15) is 0 Å². The summed E-state index contributed by atoms with van der Waals surface area (Å²) in [5, 5.41) is 5.59. The fourth-order valence-corrected chi connectivity index (χ4v) is 3.98. The molecule has 2 aromatic carbocycles. The minimum atomic E-state index is -3.58. The van der Waals surface area contributed by atoms with Crippen LogP contribution in [0, 0.1) is 5.92 Å². The van der Waals surface area contributed by atoms with Crippen molar-refractivity contribution >= 4 is 27.5 Å². The Balaban J connectivity index is 1.90. The highest BCUT2D eigenvalue weighted by molar-refractivity contribution is 7.89. The molecule has 30 heavy (non-hydrogen) atoms. The summed E-state index contributed by atoms with van der Waals surface area (Å²) in [5.41, 5.74) is 0.837. The number of hydrogen-bond acceptors (Lipinski definition) is 4. The van der Waals surface area contributed by atoms with Gasteiger partial charge in [-0.25, -0.2) is 12.7 Å². The van der Waals surface area contributed by atoms with Crippen molar-refractivity contribution in [3.05, 3.63) is 60.2 Å². The molecule has 0 saturated heterocycles. The summed E-state index contributed by atoms with van der Waals surface area (Å²) in [6, 6.07) is 15.0. The number of amides is 2. The van der Waals surface area contributed by atoms with E-state index in [-0.39, 0.29) is 29.7 Å². The zero-order chi connectivity index (χ0) is 22.1. The number of anilines is 1. The van der Waals surface area contributed by atoms with Gasteiger partial charge in [0.25, 0.3) is 5.91 Å². The van der Waals surface area contributed by atoms with Gasteiger partial charge in [0.2, 0.25) is 15.9 Å². The van der Waals surface area contributed by atoms with E-state index in [4.69, 9.17) is 0 Å². The lowest BCUT2D eigenvalue weighted by Gasteiger charge is -2.17. The van der Waals surface area contributed by atoms with Crippen molar-refractivity contribution in [3.63, 3.8) is 0 Å². The van der Waals surface area contributed by atoms with Gasteiger partial charge in [-0.1, -0.05) is 44.2 Å². The van der Waals surface area contributed by atoms with Crippen LogP contribution >= 0.6 is 0 Å². The first-order chi connectivity index (χ1) is 14.2. The normalized spacial score (nSPS) is 11.5. The van der Waals surface area contributed by atoms with Gasteiger partial charge in [0.1, 0.15) is 0 Å². The van der Waals surface area contributed by atoms with Crippen molar-refractivity contribution in [2.75, 3.05) is 25.5 Å². The first-order valence-electron chi connectivity index (χ1n) is 9.90. The Bertz CT molecular complexity index is 959. The maximum Gasteiger partial charge on any atom is 0.253 e. The second-order valence-corrected chi connectivity index (χ2v) is 9.49. The molecule has 0 heterocycles. The van der Waals surface area contributed by atoms with Gasteiger partial charge in [0.05, 0.1) is 16.1 Å². The average molecular weight is 432 g/mol. The molecule has 8 heteroatoms. The summed E-state index contributed by atoms with van der Waals surface area (Å²) < 4.78 is 26.3. The van der Waals surface area contributed by atoms with E-state index >= 15 is 0 Å². The number of benzene rings is 2. The topological polar surface area (TPSA) is 95.6 Å². The molecule has 0 bridgehead atoms. The maximum absolute atomic E-state index is 12.5. The van der Waals surface area contributed by atoms with Gasteiger partial charge in [-0.05, 0) is 36.6 Å². The molecular formula is C22H29N3O4S. The predicted molar refractivity (Wildman–Crippen MR) is 118 cm³/mol. The second kappa shape index (κ2) is 10.9. The fraction of sp³-hybridized carbons (Fsp3) is 0.364. The maximum atomic E-state index is 12.5. The summed E-state index contributed by atoms with van der Waals surface area (Å²) in [6.45, 7) is 4.76. The van der Waals surface area contributed by atoms with Crippen LogP contribution in [0.1, 0.15) is 37.0 Å². The molecular weight excluding hydrogens is 402 g/mol. The molecule has 0 aromatic heterocycles. The number of carbonyl (C=O) groups excluding carboxylic acids is 2. The van der Waals surface area contributed by atoms with Crippen molar-refractivity contribution < 1.29 is 18.0 Å². The Morgan fingerprint density at radius 3 is 2.30 bits per heavy atom. The Labute approximate surface area is 178 Å². The Kier molecular flexibility index (Phi) is 8.56. The molecule has 0 atom stereocenters. The SMILES string of the molecule is CC(C)CNC(=O)c1ccccc1NC(=O)CCCN(C)S(=O)(=O)c1ccccc1. The van der Waals surface area contributed by atoms with Gasteiger partial charge >= 0.3 is 0 Å². The number of nitrogens with zero attached hydrogens (tertiary/aromatic N) is 1. The van der Waals surface area contributed by atoms with Crippen LogP contribution in [0.15, 0.2) is 59.5 Å². The number of rotatable bonds is 10. The second-order valence-electron chi connectivity index (χ2n) is 7.44. The third-order valence-electron chi connectivity index (χ3n) is 4.44. The third-order valence-corrected chi connectivity index (χ3v) is 6.32. The van der Waals surface area contributed by atoms with E-state index in [1.54, 1.807) is 54.6 Å². The molecule has 2 rings (SSSR count). The van der Waals surface area contributed by atoms with Crippen molar-refractivity contribution in [3.8, 4) is 0 Å². The summed E-state index contributed by atoms with van der Waals surface area (Å²) in [7, 11) is -2.08. The fourth-order valence-electron chi connectivity index (χ4n) is 2.75. The lowest BCUT2D eigenvalue weighted by molar-refractivity contribution is -0.116. The zero-order valence-corrected chi connectivity index (χ0v) is 18.4. The van der Waals surface area contributed by atoms with Crippen LogP contribution in [0.25, 0.3) is 0 Å². The quantitative estimate of drug-likeness (QED) is 0.604. The first kappa shape index (κ1) is 23.6. The summed E-state index contributed by atoms with van der Waals surface area (Å²) in [5.74, 6) is -0.197. The van der Waals surface area contributed by atoms with E-state index in [1.165, 1.54) is 11.4 Å². The molecule has 2 N–H and O–H groups in total. The van der Waals surface area contributed by atoms with Crippen molar-refractivity contribution in [1.82, 2.24) is 9.62 Å². The molecule has 7 nitrogen and oxygen atoms in total. The van der Waals surface area contributed by atoms with Crippen LogP contribution in [0.5, 0.6) is 0 Å². The zero-order valence-electron chi connectivity index (χ0n) is 17.6. The van der Waals surface area contributed by atoms with Gasteiger partial charge in [0, 0.05) is 26.6 Å². The monoisotopic (exact) mass is 431 g/mol. The van der Waals surface area contributed by atoms with E-state index in [2.05, 4.69) is 10.6 Å². The number of hydrogen-bond donors (Lipinski definition) is 2. The van der Waals surface area contributed by atoms with Gasteiger partial charge in [0.15, 0.2) is 0 Å². The van der Waals surface area contributed by atoms with E-state index < -0.39 is 10.0 Å². The lowest BCUT2D eigenvalue weighted by Crippen LogP contribution is -2.29. The van der Waals surface area contributed by atoms with Crippen LogP contribution in [-0.4, -0.2) is 44.7 Å². The lowest BCUT2D eigenvalue weighted by atomic mass is 10.1. The highest BCUT2D eigenvalue weighted by Crippen LogP contribution is 2.17. The van der Waals surface area contributed by atoms with E-state index in [0.29, 0.717) is 30.1 Å². The Hall–Kier alpha value is -2.71. The highest BCUT2D eigenvalue weighted by atomic mass is 32.2. The summed E-state index contributed by atoms with van der Waals surface area (Å²) in [4.78, 5) is 24.9. The molecule has 0 spiro atoms. The average Bonchev–Trinajstić information content (AvgIpc) is 2.72. The largest absolute Gasteiger partial charge is 0.352 e. The van der Waals surface area contributed by atoms with Crippen LogP contribution in [0.3, 0.4) is 0 Å². The van der Waals surface area contributed by atoms with Crippen LogP contribution in [-0.2, 0) is 14.8 Å². The van der Waals surface area contributed by atoms with Crippen molar-refractivity contribution in [2.45, 2.75) is 31.6 Å². The smallest absolute Gasteiger partial charge is 0.253 e. The molecule has 0 aliphatic heterocycles. The number of nitrogens with one attached hydrogen (secondary N) is 2. The molecule has 0 radical (unpaired) electrons. The molecule has 0 aliphatic rings. The molecule has 0 fully saturated rings. The molecule has 0 aliphatic carbocycles. The molecule has 2 amide bonds.